The molecule has 0 unspecified atom stereocenters. The molecule has 1 fully saturated rings. The van der Waals surface area contributed by atoms with Crippen LogP contribution in [-0.2, 0) is 19.6 Å². The van der Waals surface area contributed by atoms with Crippen LogP contribution in [0, 0.1) is 16.0 Å². The molecule has 0 atom stereocenters. The highest BCUT2D eigenvalue weighted by Crippen LogP contribution is 2.32. The predicted molar refractivity (Wildman–Crippen MR) is 110 cm³/mol. The van der Waals surface area contributed by atoms with E-state index in [2.05, 4.69) is 9.71 Å². The Balaban J connectivity index is 1.82. The Hall–Kier alpha value is -3.21. The van der Waals surface area contributed by atoms with Crippen LogP contribution in [0.15, 0.2) is 47.4 Å². The molecule has 0 saturated carbocycles. The summed E-state index contributed by atoms with van der Waals surface area (Å²) in [6.45, 7) is 2.77. The number of hydrogen-bond donors (Lipinski definition) is 1. The van der Waals surface area contributed by atoms with Crippen LogP contribution < -0.4 is 9.62 Å². The van der Waals surface area contributed by atoms with Crippen molar-refractivity contribution in [1.82, 2.24) is 4.98 Å². The maximum atomic E-state index is 12.5. The van der Waals surface area contributed by atoms with Gasteiger partial charge in [-0.15, -0.1) is 0 Å². The molecule has 1 aliphatic rings. The summed E-state index contributed by atoms with van der Waals surface area (Å²) < 4.78 is 32.5. The first kappa shape index (κ1) is 21.5. The normalized spacial score (nSPS) is 14.9. The highest BCUT2D eigenvalue weighted by molar-refractivity contribution is 7.92. The van der Waals surface area contributed by atoms with Crippen molar-refractivity contribution in [3.05, 3.63) is 52.6 Å². The predicted octanol–water partition coefficient (Wildman–Crippen LogP) is 2.57. The van der Waals surface area contributed by atoms with Gasteiger partial charge in [-0.3, -0.25) is 19.6 Å². The number of pyridine rings is 1. The minimum absolute atomic E-state index is 0.0213. The fourth-order valence-electron chi connectivity index (χ4n) is 3.26. The van der Waals surface area contributed by atoms with Crippen LogP contribution in [0.4, 0.5) is 17.3 Å². The van der Waals surface area contributed by atoms with E-state index < -0.39 is 14.9 Å². The van der Waals surface area contributed by atoms with E-state index in [4.69, 9.17) is 4.74 Å². The molecule has 11 heteroatoms. The number of benzene rings is 1. The standard InChI is InChI=1S/C19H22N4O6S/c1-2-29-19(24)14-10-12-22(13-11-14)18-16(23(25)26)8-9-17(20-18)21-30(27,28)15-6-4-3-5-7-15/h3-9,14H,2,10-13H2,1H3,(H,20,21). The zero-order valence-corrected chi connectivity index (χ0v) is 17.2. The number of carbonyl (C=O) groups is 1. The Morgan fingerprint density at radius 3 is 2.50 bits per heavy atom. The van der Waals surface area contributed by atoms with Gasteiger partial charge in [0.05, 0.1) is 22.3 Å². The number of ether oxygens (including phenoxy) is 1. The average molecular weight is 434 g/mol. The summed E-state index contributed by atoms with van der Waals surface area (Å²) in [7, 11) is -3.88. The quantitative estimate of drug-likeness (QED) is 0.399. The van der Waals surface area contributed by atoms with E-state index in [0.717, 1.165) is 0 Å². The lowest BCUT2D eigenvalue weighted by Crippen LogP contribution is -2.37. The number of aromatic nitrogens is 1. The van der Waals surface area contributed by atoms with Crippen molar-refractivity contribution in [3.8, 4) is 0 Å². The third-order valence-corrected chi connectivity index (χ3v) is 6.13. The third-order valence-electron chi connectivity index (χ3n) is 4.76. The van der Waals surface area contributed by atoms with Gasteiger partial charge in [0.15, 0.2) is 0 Å². The van der Waals surface area contributed by atoms with Crippen LogP contribution in [0.25, 0.3) is 0 Å². The summed E-state index contributed by atoms with van der Waals surface area (Å²) in [4.78, 5) is 28.8. The van der Waals surface area contributed by atoms with E-state index in [1.165, 1.54) is 24.3 Å². The van der Waals surface area contributed by atoms with Gasteiger partial charge < -0.3 is 9.64 Å². The molecular weight excluding hydrogens is 412 g/mol. The van der Waals surface area contributed by atoms with E-state index in [0.29, 0.717) is 32.5 Å². The number of nitrogens with zero attached hydrogens (tertiary/aromatic N) is 3. The van der Waals surface area contributed by atoms with Gasteiger partial charge in [-0.1, -0.05) is 18.2 Å². The van der Waals surface area contributed by atoms with Crippen molar-refractivity contribution in [2.24, 2.45) is 5.92 Å². The summed E-state index contributed by atoms with van der Waals surface area (Å²) >= 11 is 0. The van der Waals surface area contributed by atoms with Gasteiger partial charge in [-0.05, 0) is 38.0 Å². The topological polar surface area (TPSA) is 132 Å². The Morgan fingerprint density at radius 1 is 1.23 bits per heavy atom. The molecule has 2 heterocycles. The molecule has 1 saturated heterocycles. The lowest BCUT2D eigenvalue weighted by atomic mass is 9.97. The van der Waals surface area contributed by atoms with Crippen molar-refractivity contribution >= 4 is 33.3 Å². The van der Waals surface area contributed by atoms with Gasteiger partial charge in [-0.25, -0.2) is 13.4 Å². The van der Waals surface area contributed by atoms with Crippen molar-refractivity contribution in [3.63, 3.8) is 0 Å². The molecule has 160 valence electrons. The summed E-state index contributed by atoms with van der Waals surface area (Å²) in [5.41, 5.74) is -0.229. The summed E-state index contributed by atoms with van der Waals surface area (Å²) in [5.74, 6) is -0.494. The van der Waals surface area contributed by atoms with Crippen LogP contribution in [0.5, 0.6) is 0 Å². The van der Waals surface area contributed by atoms with Crippen LogP contribution in [0.3, 0.4) is 0 Å². The molecule has 30 heavy (non-hydrogen) atoms. The highest BCUT2D eigenvalue weighted by atomic mass is 32.2. The molecule has 3 rings (SSSR count). The van der Waals surface area contributed by atoms with E-state index in [1.807, 2.05) is 0 Å². The zero-order chi connectivity index (χ0) is 21.7. The van der Waals surface area contributed by atoms with Crippen molar-refractivity contribution < 1.29 is 22.9 Å². The number of nitrogens with one attached hydrogen (secondary N) is 1. The first-order valence-electron chi connectivity index (χ1n) is 9.46. The van der Waals surface area contributed by atoms with Gasteiger partial charge in [0.25, 0.3) is 10.0 Å². The first-order valence-corrected chi connectivity index (χ1v) is 10.9. The lowest BCUT2D eigenvalue weighted by Gasteiger charge is -2.31. The van der Waals surface area contributed by atoms with Crippen molar-refractivity contribution in [1.29, 1.82) is 0 Å². The van der Waals surface area contributed by atoms with Gasteiger partial charge in [0.2, 0.25) is 5.82 Å². The first-order chi connectivity index (χ1) is 14.3. The molecule has 1 aliphatic heterocycles. The van der Waals surface area contributed by atoms with Crippen LogP contribution in [0.1, 0.15) is 19.8 Å². The van der Waals surface area contributed by atoms with E-state index in [-0.39, 0.29) is 34.1 Å². The molecule has 1 N–H and O–H groups in total. The summed E-state index contributed by atoms with van der Waals surface area (Å²) in [5, 5.41) is 11.5. The molecule has 0 spiro atoms. The number of nitro groups is 1. The fraction of sp³-hybridized carbons (Fsp3) is 0.368. The maximum Gasteiger partial charge on any atom is 0.311 e. The molecule has 0 bridgehead atoms. The van der Waals surface area contributed by atoms with Gasteiger partial charge in [0.1, 0.15) is 5.82 Å². The van der Waals surface area contributed by atoms with E-state index >= 15 is 0 Å². The zero-order valence-electron chi connectivity index (χ0n) is 16.4. The van der Waals surface area contributed by atoms with Crippen LogP contribution >= 0.6 is 0 Å². The van der Waals surface area contributed by atoms with E-state index in [9.17, 15) is 23.3 Å². The Kier molecular flexibility index (Phi) is 6.50. The molecule has 1 aromatic heterocycles. The molecule has 0 aliphatic carbocycles. The lowest BCUT2D eigenvalue weighted by molar-refractivity contribution is -0.384. The number of anilines is 2. The maximum absolute atomic E-state index is 12.5. The molecular formula is C19H22N4O6S. The average Bonchev–Trinajstić information content (AvgIpc) is 2.74. The number of rotatable bonds is 7. The minimum atomic E-state index is -3.88. The van der Waals surface area contributed by atoms with Gasteiger partial charge >= 0.3 is 11.7 Å². The number of esters is 1. The molecule has 0 radical (unpaired) electrons. The monoisotopic (exact) mass is 434 g/mol. The van der Waals surface area contributed by atoms with Crippen molar-refractivity contribution in [2.75, 3.05) is 29.3 Å². The molecule has 2 aromatic rings. The SMILES string of the molecule is CCOC(=O)C1CCN(c2nc(NS(=O)(=O)c3ccccc3)ccc2[N+](=O)[O-])CC1. The second kappa shape index (κ2) is 9.08. The number of piperidine rings is 1. The van der Waals surface area contributed by atoms with Crippen LogP contribution in [0.2, 0.25) is 0 Å². The van der Waals surface area contributed by atoms with Gasteiger partial charge in [0, 0.05) is 19.2 Å². The number of hydrogen-bond acceptors (Lipinski definition) is 8. The second-order valence-electron chi connectivity index (χ2n) is 6.73. The molecule has 0 amide bonds. The van der Waals surface area contributed by atoms with Gasteiger partial charge in [-0.2, -0.15) is 0 Å². The van der Waals surface area contributed by atoms with Crippen molar-refractivity contribution in [2.45, 2.75) is 24.7 Å². The molecule has 1 aromatic carbocycles. The van der Waals surface area contributed by atoms with E-state index in [1.54, 1.807) is 30.0 Å². The second-order valence-corrected chi connectivity index (χ2v) is 8.41. The minimum Gasteiger partial charge on any atom is -0.466 e. The molecule has 10 nitrogen and oxygen atoms in total. The third kappa shape index (κ3) is 4.85. The largest absolute Gasteiger partial charge is 0.466 e. The Bertz CT molecular complexity index is 1020. The smallest absolute Gasteiger partial charge is 0.311 e. The Morgan fingerprint density at radius 2 is 1.90 bits per heavy atom. The summed E-state index contributed by atoms with van der Waals surface area (Å²) in [6, 6.07) is 10.2. The Labute approximate surface area is 174 Å². The fourth-order valence-corrected chi connectivity index (χ4v) is 4.28. The number of carbonyl (C=O) groups excluding carboxylic acids is 1. The highest BCUT2D eigenvalue weighted by Gasteiger charge is 2.30. The van der Waals surface area contributed by atoms with Crippen LogP contribution in [-0.4, -0.2) is 44.0 Å². The summed E-state index contributed by atoms with van der Waals surface area (Å²) in [6.07, 6.45) is 0.940. The number of sulfonamides is 1.